The van der Waals surface area contributed by atoms with Crippen molar-refractivity contribution in [2.75, 3.05) is 13.1 Å². The van der Waals surface area contributed by atoms with Gasteiger partial charge < -0.3 is 9.47 Å². The molecule has 0 unspecified atom stereocenters. The molecule has 0 bridgehead atoms. The predicted octanol–water partition coefficient (Wildman–Crippen LogP) is 2.06. The maximum Gasteiger partial charge on any atom is 0.222 e. The minimum atomic E-state index is 0.319. The Morgan fingerprint density at radius 3 is 2.58 bits per heavy atom. The summed E-state index contributed by atoms with van der Waals surface area (Å²) in [4.78, 5) is 17.0. The van der Waals surface area contributed by atoms with E-state index in [0.717, 1.165) is 44.1 Å². The van der Waals surface area contributed by atoms with Gasteiger partial charge in [0.1, 0.15) is 11.6 Å². The molecule has 3 aliphatic rings. The molecule has 3 heterocycles. The fraction of sp³-hybridized carbons (Fsp3) is 0.833. The highest BCUT2D eigenvalue weighted by Crippen LogP contribution is 2.39. The summed E-state index contributed by atoms with van der Waals surface area (Å²) in [6, 6.07) is 0.889. The first-order valence-electron chi connectivity index (χ1n) is 9.60. The van der Waals surface area contributed by atoms with E-state index in [9.17, 15) is 4.79 Å². The van der Waals surface area contributed by atoms with Gasteiger partial charge in [0.15, 0.2) is 0 Å². The number of hydrogen-bond acceptors (Lipinski definition) is 4. The maximum absolute atomic E-state index is 12.3. The molecule has 1 aromatic heterocycles. The number of carbonyl (C=O) groups excluding carboxylic acids is 1. The van der Waals surface area contributed by atoms with Crippen LogP contribution in [0.3, 0.4) is 0 Å². The molecule has 2 aliphatic heterocycles. The Bertz CT molecular complexity index is 609. The van der Waals surface area contributed by atoms with Crippen molar-refractivity contribution in [1.29, 1.82) is 0 Å². The molecule has 0 spiro atoms. The van der Waals surface area contributed by atoms with Crippen molar-refractivity contribution < 1.29 is 4.79 Å². The summed E-state index contributed by atoms with van der Waals surface area (Å²) < 4.78 is 2.21. The highest BCUT2D eigenvalue weighted by molar-refractivity contribution is 5.76. The maximum atomic E-state index is 12.3. The standard InChI is InChI=1S/C18H29N5O/c1-3-17(24)23-11-5-7-15(23)14-6-4-10-22(14)12-16-19-20-18(21(16)2)13-8-9-13/h13-15H,3-12H2,1-2H3/t14-,15+/m0/s1. The second-order valence-corrected chi connectivity index (χ2v) is 7.64. The Morgan fingerprint density at radius 2 is 1.83 bits per heavy atom. The highest BCUT2D eigenvalue weighted by atomic mass is 16.2. The third-order valence-corrected chi connectivity index (χ3v) is 6.07. The predicted molar refractivity (Wildman–Crippen MR) is 91.4 cm³/mol. The molecule has 1 aromatic rings. The van der Waals surface area contributed by atoms with Crippen LogP contribution in [0.2, 0.25) is 0 Å². The molecule has 1 amide bonds. The van der Waals surface area contributed by atoms with Crippen LogP contribution in [0, 0.1) is 0 Å². The van der Waals surface area contributed by atoms with Crippen molar-refractivity contribution in [2.24, 2.45) is 7.05 Å². The lowest BCUT2D eigenvalue weighted by molar-refractivity contribution is -0.132. The van der Waals surface area contributed by atoms with Crippen LogP contribution >= 0.6 is 0 Å². The third kappa shape index (κ3) is 2.85. The molecular formula is C18H29N5O. The van der Waals surface area contributed by atoms with Crippen molar-refractivity contribution in [3.8, 4) is 0 Å². The van der Waals surface area contributed by atoms with Gasteiger partial charge in [-0.2, -0.15) is 0 Å². The number of hydrogen-bond donors (Lipinski definition) is 0. The minimum Gasteiger partial charge on any atom is -0.338 e. The summed E-state index contributed by atoms with van der Waals surface area (Å²) in [5.41, 5.74) is 0. The van der Waals surface area contributed by atoms with Crippen LogP contribution in [0.25, 0.3) is 0 Å². The van der Waals surface area contributed by atoms with Crippen LogP contribution in [0.1, 0.15) is 69.4 Å². The SMILES string of the molecule is CCC(=O)N1CCC[C@@H]1[C@@H]1CCCN1Cc1nnc(C2CC2)n1C. The molecule has 0 N–H and O–H groups in total. The highest BCUT2D eigenvalue weighted by Gasteiger charge is 2.39. The van der Waals surface area contributed by atoms with Crippen molar-refractivity contribution >= 4 is 5.91 Å². The molecule has 0 aromatic carbocycles. The van der Waals surface area contributed by atoms with Crippen LogP contribution < -0.4 is 0 Å². The van der Waals surface area contributed by atoms with Gasteiger partial charge in [-0.05, 0) is 45.1 Å². The normalized spacial score (nSPS) is 28.0. The van der Waals surface area contributed by atoms with Crippen LogP contribution in [0.5, 0.6) is 0 Å². The first-order valence-corrected chi connectivity index (χ1v) is 9.60. The Labute approximate surface area is 144 Å². The smallest absolute Gasteiger partial charge is 0.222 e. The number of carbonyl (C=O) groups is 1. The zero-order valence-corrected chi connectivity index (χ0v) is 14.9. The van der Waals surface area contributed by atoms with Gasteiger partial charge in [0.25, 0.3) is 0 Å². The second kappa shape index (κ2) is 6.47. The number of aromatic nitrogens is 3. The van der Waals surface area contributed by atoms with Gasteiger partial charge >= 0.3 is 0 Å². The van der Waals surface area contributed by atoms with E-state index >= 15 is 0 Å². The monoisotopic (exact) mass is 331 g/mol. The third-order valence-electron chi connectivity index (χ3n) is 6.07. The number of likely N-dealkylation sites (tertiary alicyclic amines) is 2. The lowest BCUT2D eigenvalue weighted by Gasteiger charge is -2.34. The molecule has 1 saturated carbocycles. The van der Waals surface area contributed by atoms with Crippen LogP contribution in [-0.2, 0) is 18.4 Å². The van der Waals surface area contributed by atoms with Gasteiger partial charge in [-0.1, -0.05) is 6.92 Å². The Hall–Kier alpha value is -1.43. The van der Waals surface area contributed by atoms with Gasteiger partial charge in [-0.15, -0.1) is 10.2 Å². The average Bonchev–Trinajstić information content (AvgIpc) is 2.99. The first-order chi connectivity index (χ1) is 11.7. The number of rotatable bonds is 5. The average molecular weight is 331 g/mol. The van der Waals surface area contributed by atoms with Gasteiger partial charge in [0.2, 0.25) is 5.91 Å². The second-order valence-electron chi connectivity index (χ2n) is 7.64. The minimum absolute atomic E-state index is 0.319. The van der Waals surface area contributed by atoms with Crippen molar-refractivity contribution in [2.45, 2.75) is 76.4 Å². The van der Waals surface area contributed by atoms with Crippen molar-refractivity contribution in [3.63, 3.8) is 0 Å². The largest absolute Gasteiger partial charge is 0.338 e. The topological polar surface area (TPSA) is 54.3 Å². The summed E-state index contributed by atoms with van der Waals surface area (Å²) in [5, 5.41) is 8.88. The van der Waals surface area contributed by atoms with Crippen molar-refractivity contribution in [1.82, 2.24) is 24.6 Å². The molecule has 2 atom stereocenters. The van der Waals surface area contributed by atoms with E-state index in [2.05, 4.69) is 31.6 Å². The zero-order valence-electron chi connectivity index (χ0n) is 14.9. The number of amides is 1. The van der Waals surface area contributed by atoms with E-state index in [0.29, 0.717) is 30.3 Å². The summed E-state index contributed by atoms with van der Waals surface area (Å²) >= 11 is 0. The number of nitrogens with zero attached hydrogens (tertiary/aromatic N) is 5. The first kappa shape index (κ1) is 16.1. The van der Waals surface area contributed by atoms with E-state index < -0.39 is 0 Å². The fourth-order valence-electron chi connectivity index (χ4n) is 4.58. The fourth-order valence-corrected chi connectivity index (χ4v) is 4.58. The zero-order chi connectivity index (χ0) is 16.7. The molecule has 6 heteroatoms. The summed E-state index contributed by atoms with van der Waals surface area (Å²) in [7, 11) is 2.11. The van der Waals surface area contributed by atoms with Gasteiger partial charge in [-0.25, -0.2) is 0 Å². The van der Waals surface area contributed by atoms with Crippen LogP contribution in [0.15, 0.2) is 0 Å². The van der Waals surface area contributed by atoms with E-state index in [4.69, 9.17) is 0 Å². The Balaban J connectivity index is 1.47. The summed E-state index contributed by atoms with van der Waals surface area (Å²) in [6.07, 6.45) is 7.87. The van der Waals surface area contributed by atoms with E-state index in [-0.39, 0.29) is 0 Å². The molecule has 6 nitrogen and oxygen atoms in total. The lowest BCUT2D eigenvalue weighted by atomic mass is 10.0. The van der Waals surface area contributed by atoms with Gasteiger partial charge in [0, 0.05) is 38.0 Å². The molecule has 2 saturated heterocycles. The van der Waals surface area contributed by atoms with E-state index in [1.807, 2.05) is 6.92 Å². The Morgan fingerprint density at radius 1 is 1.08 bits per heavy atom. The van der Waals surface area contributed by atoms with Crippen LogP contribution in [-0.4, -0.2) is 55.6 Å². The van der Waals surface area contributed by atoms with Crippen LogP contribution in [0.4, 0.5) is 0 Å². The molecular weight excluding hydrogens is 302 g/mol. The summed E-state index contributed by atoms with van der Waals surface area (Å²) in [5.74, 6) is 3.19. The molecule has 24 heavy (non-hydrogen) atoms. The molecule has 132 valence electrons. The van der Waals surface area contributed by atoms with E-state index in [1.54, 1.807) is 0 Å². The molecule has 0 radical (unpaired) electrons. The molecule has 3 fully saturated rings. The Kier molecular flexibility index (Phi) is 4.33. The quantitative estimate of drug-likeness (QED) is 0.829. The summed E-state index contributed by atoms with van der Waals surface area (Å²) in [6.45, 7) is 4.90. The van der Waals surface area contributed by atoms with Gasteiger partial charge in [0.05, 0.1) is 6.54 Å². The molecule has 1 aliphatic carbocycles. The van der Waals surface area contributed by atoms with E-state index in [1.165, 1.54) is 25.7 Å². The van der Waals surface area contributed by atoms with Crippen molar-refractivity contribution in [3.05, 3.63) is 11.6 Å². The molecule has 4 rings (SSSR count). The van der Waals surface area contributed by atoms with Gasteiger partial charge in [-0.3, -0.25) is 9.69 Å². The lowest BCUT2D eigenvalue weighted by Crippen LogP contribution is -2.48.